The van der Waals surface area contributed by atoms with Crippen molar-refractivity contribution in [1.29, 1.82) is 0 Å². The van der Waals surface area contributed by atoms with Crippen LogP contribution in [0.1, 0.15) is 0 Å². The van der Waals surface area contributed by atoms with E-state index >= 15 is 0 Å². The molecule has 0 saturated carbocycles. The van der Waals surface area contributed by atoms with Gasteiger partial charge in [-0.3, -0.25) is 9.56 Å². The molecule has 0 aliphatic carbocycles. The maximum atomic E-state index is 10.2. The predicted octanol–water partition coefficient (Wildman–Crippen LogP) is 0.886. The van der Waals surface area contributed by atoms with Crippen molar-refractivity contribution in [3.63, 3.8) is 0 Å². The lowest BCUT2D eigenvalue weighted by molar-refractivity contribution is 0.388. The molecule has 0 aliphatic rings. The normalized spacial score (nSPS) is 11.6. The Morgan fingerprint density at radius 1 is 1.40 bits per heavy atom. The van der Waals surface area contributed by atoms with E-state index < -0.39 is 10.4 Å². The van der Waals surface area contributed by atoms with E-state index in [1.165, 1.54) is 5.01 Å². The molecule has 0 heterocycles. The SMILES string of the molecule is CN(N=COS(=O)(=O)O)c1ccccc1. The molecular formula is C8H10N2O4S. The van der Waals surface area contributed by atoms with Crippen molar-refractivity contribution in [3.05, 3.63) is 30.3 Å². The molecule has 1 N–H and O–H groups in total. The van der Waals surface area contributed by atoms with Crippen LogP contribution in [0.15, 0.2) is 35.4 Å². The van der Waals surface area contributed by atoms with Crippen LogP contribution >= 0.6 is 0 Å². The summed E-state index contributed by atoms with van der Waals surface area (Å²) in [6.45, 7) is 0. The molecule has 15 heavy (non-hydrogen) atoms. The van der Waals surface area contributed by atoms with Gasteiger partial charge in [0.2, 0.25) is 6.40 Å². The van der Waals surface area contributed by atoms with Gasteiger partial charge in [0.05, 0.1) is 5.69 Å². The van der Waals surface area contributed by atoms with Crippen LogP contribution < -0.4 is 5.01 Å². The van der Waals surface area contributed by atoms with E-state index in [9.17, 15) is 8.42 Å². The molecule has 0 bridgehead atoms. The summed E-state index contributed by atoms with van der Waals surface area (Å²) in [5.74, 6) is 0. The number of para-hydroxylation sites is 1. The lowest BCUT2D eigenvalue weighted by Crippen LogP contribution is -2.10. The minimum atomic E-state index is -4.48. The largest absolute Gasteiger partial charge is 0.447 e. The van der Waals surface area contributed by atoms with Crippen LogP contribution in [0.3, 0.4) is 0 Å². The topological polar surface area (TPSA) is 79.2 Å². The minimum absolute atomic E-state index is 0.641. The van der Waals surface area contributed by atoms with E-state index in [1.54, 1.807) is 19.2 Å². The van der Waals surface area contributed by atoms with Crippen molar-refractivity contribution >= 4 is 22.5 Å². The van der Waals surface area contributed by atoms with Gasteiger partial charge in [-0.05, 0) is 12.1 Å². The molecule has 0 radical (unpaired) electrons. The minimum Gasteiger partial charge on any atom is -0.348 e. The number of hydrogen-bond acceptors (Lipinski definition) is 5. The molecular weight excluding hydrogens is 220 g/mol. The van der Waals surface area contributed by atoms with Gasteiger partial charge in [0.1, 0.15) is 0 Å². The van der Waals surface area contributed by atoms with E-state index in [0.717, 1.165) is 5.69 Å². The van der Waals surface area contributed by atoms with E-state index in [-0.39, 0.29) is 0 Å². The van der Waals surface area contributed by atoms with Gasteiger partial charge in [0.25, 0.3) is 0 Å². The lowest BCUT2D eigenvalue weighted by atomic mass is 10.3. The highest BCUT2D eigenvalue weighted by Gasteiger charge is 2.01. The summed E-state index contributed by atoms with van der Waals surface area (Å²) in [4.78, 5) is 0. The van der Waals surface area contributed by atoms with Crippen LogP contribution in [0.2, 0.25) is 0 Å². The Balaban J connectivity index is 2.61. The second-order valence-corrected chi connectivity index (χ2v) is 3.65. The average molecular weight is 230 g/mol. The van der Waals surface area contributed by atoms with Crippen LogP contribution in [0.25, 0.3) is 0 Å². The highest BCUT2D eigenvalue weighted by atomic mass is 32.3. The molecule has 6 nitrogen and oxygen atoms in total. The van der Waals surface area contributed by atoms with Crippen LogP contribution in [0, 0.1) is 0 Å². The Morgan fingerprint density at radius 3 is 2.53 bits per heavy atom. The number of hydrogen-bond donors (Lipinski definition) is 1. The zero-order valence-corrected chi connectivity index (χ0v) is 8.76. The molecule has 0 saturated heterocycles. The summed E-state index contributed by atoms with van der Waals surface area (Å²) in [5.41, 5.74) is 0.757. The van der Waals surface area contributed by atoms with Gasteiger partial charge in [0, 0.05) is 7.05 Å². The fourth-order valence-corrected chi connectivity index (χ4v) is 1.00. The van der Waals surface area contributed by atoms with Gasteiger partial charge in [-0.25, -0.2) is 0 Å². The molecule has 82 valence electrons. The van der Waals surface area contributed by atoms with Crippen molar-refractivity contribution in [3.8, 4) is 0 Å². The van der Waals surface area contributed by atoms with Crippen molar-refractivity contribution in [2.24, 2.45) is 5.10 Å². The third-order valence-electron chi connectivity index (χ3n) is 1.51. The first kappa shape index (κ1) is 11.5. The first-order valence-corrected chi connectivity index (χ1v) is 5.32. The van der Waals surface area contributed by atoms with Gasteiger partial charge >= 0.3 is 10.4 Å². The van der Waals surface area contributed by atoms with Crippen molar-refractivity contribution in [2.75, 3.05) is 12.1 Å². The first-order valence-electron chi connectivity index (χ1n) is 3.96. The molecule has 1 aromatic rings. The highest BCUT2D eigenvalue weighted by molar-refractivity contribution is 7.81. The molecule has 0 spiro atoms. The summed E-state index contributed by atoms with van der Waals surface area (Å²) in [6.07, 6.45) is 0.641. The van der Waals surface area contributed by atoms with Crippen LogP contribution in [-0.4, -0.2) is 26.4 Å². The third-order valence-corrected chi connectivity index (χ3v) is 1.84. The van der Waals surface area contributed by atoms with Crippen LogP contribution in [-0.2, 0) is 14.6 Å². The maximum absolute atomic E-state index is 10.2. The Kier molecular flexibility index (Phi) is 3.64. The molecule has 1 aromatic carbocycles. The zero-order chi connectivity index (χ0) is 11.3. The molecule has 0 unspecified atom stereocenters. The summed E-state index contributed by atoms with van der Waals surface area (Å²) < 4.78 is 32.5. The molecule has 0 atom stereocenters. The Labute approximate surface area is 87.7 Å². The van der Waals surface area contributed by atoms with Gasteiger partial charge in [-0.1, -0.05) is 18.2 Å². The quantitative estimate of drug-likeness (QED) is 0.359. The Morgan fingerprint density at radius 2 is 2.00 bits per heavy atom. The lowest BCUT2D eigenvalue weighted by Gasteiger charge is -2.11. The fraction of sp³-hybridized carbons (Fsp3) is 0.125. The summed E-state index contributed by atoms with van der Waals surface area (Å²) in [5, 5.41) is 5.02. The van der Waals surface area contributed by atoms with Crippen LogP contribution in [0.4, 0.5) is 5.69 Å². The van der Waals surface area contributed by atoms with Crippen LogP contribution in [0.5, 0.6) is 0 Å². The third kappa shape index (κ3) is 4.43. The number of benzene rings is 1. The highest BCUT2D eigenvalue weighted by Crippen LogP contribution is 2.10. The van der Waals surface area contributed by atoms with Gasteiger partial charge in [-0.15, -0.1) is 5.10 Å². The first-order chi connectivity index (χ1) is 6.99. The second-order valence-electron chi connectivity index (χ2n) is 2.60. The van der Waals surface area contributed by atoms with Gasteiger partial charge in [-0.2, -0.15) is 8.42 Å². The molecule has 0 fully saturated rings. The van der Waals surface area contributed by atoms with Gasteiger partial charge < -0.3 is 4.18 Å². The number of hydrazone groups is 1. The molecule has 0 aliphatic heterocycles. The molecule has 0 amide bonds. The summed E-state index contributed by atoms with van der Waals surface area (Å²) in [7, 11) is -2.87. The summed E-state index contributed by atoms with van der Waals surface area (Å²) >= 11 is 0. The average Bonchev–Trinajstić information content (AvgIpc) is 2.17. The van der Waals surface area contributed by atoms with E-state index in [4.69, 9.17) is 4.55 Å². The zero-order valence-electron chi connectivity index (χ0n) is 7.94. The smallest absolute Gasteiger partial charge is 0.348 e. The molecule has 7 heteroatoms. The Bertz CT molecular complexity index is 429. The monoisotopic (exact) mass is 230 g/mol. The predicted molar refractivity (Wildman–Crippen MR) is 56.0 cm³/mol. The maximum Gasteiger partial charge on any atom is 0.447 e. The van der Waals surface area contributed by atoms with E-state index in [0.29, 0.717) is 6.40 Å². The molecule has 0 aromatic heterocycles. The Hall–Kier alpha value is -1.60. The van der Waals surface area contributed by atoms with Crippen molar-refractivity contribution in [2.45, 2.75) is 0 Å². The summed E-state index contributed by atoms with van der Waals surface area (Å²) in [6, 6.07) is 9.03. The van der Waals surface area contributed by atoms with Crippen molar-refractivity contribution in [1.82, 2.24) is 0 Å². The van der Waals surface area contributed by atoms with E-state index in [1.807, 2.05) is 18.2 Å². The number of anilines is 1. The number of nitrogens with zero attached hydrogens (tertiary/aromatic N) is 2. The second kappa shape index (κ2) is 4.76. The van der Waals surface area contributed by atoms with E-state index in [2.05, 4.69) is 9.28 Å². The van der Waals surface area contributed by atoms with Gasteiger partial charge in [0.15, 0.2) is 0 Å². The number of rotatable bonds is 4. The molecule has 1 rings (SSSR count). The van der Waals surface area contributed by atoms with Crippen molar-refractivity contribution < 1.29 is 17.2 Å². The fourth-order valence-electron chi connectivity index (χ4n) is 0.855. The standard InChI is InChI=1S/C8H10N2O4S/c1-10(8-5-3-2-4-6-8)9-7-14-15(11,12)13/h2-7H,1H3,(H,11,12,13).